The highest BCUT2D eigenvalue weighted by Crippen LogP contribution is 2.29. The molecule has 0 radical (unpaired) electrons. The number of anilines is 1. The molecule has 2 aromatic heterocycles. The minimum absolute atomic E-state index is 0.00796. The number of hydrogen-bond donors (Lipinski definition) is 1. The summed E-state index contributed by atoms with van der Waals surface area (Å²) in [5.41, 5.74) is 2.27. The lowest BCUT2D eigenvalue weighted by atomic mass is 9.95. The van der Waals surface area contributed by atoms with Crippen molar-refractivity contribution in [3.8, 4) is 5.75 Å². The molecule has 1 aliphatic rings. The minimum atomic E-state index is -0.00796. The highest BCUT2D eigenvalue weighted by Gasteiger charge is 2.27. The van der Waals surface area contributed by atoms with E-state index in [1.165, 1.54) is 6.33 Å². The SMILES string of the molecule is CCOc1ccccc1CNC(=O)C1CCN(c2ncnc3onc(C)c23)CC1. The molecule has 3 heterocycles. The summed E-state index contributed by atoms with van der Waals surface area (Å²) < 4.78 is 10.9. The third kappa shape index (κ3) is 4.01. The predicted molar refractivity (Wildman–Crippen MR) is 109 cm³/mol. The number of nitrogens with zero attached hydrogens (tertiary/aromatic N) is 4. The van der Waals surface area contributed by atoms with E-state index >= 15 is 0 Å². The molecular formula is C21H25N5O3. The molecule has 0 aliphatic carbocycles. The van der Waals surface area contributed by atoms with Crippen LogP contribution in [0.4, 0.5) is 5.82 Å². The van der Waals surface area contributed by atoms with Gasteiger partial charge >= 0.3 is 0 Å². The second-order valence-electron chi connectivity index (χ2n) is 7.17. The number of aryl methyl sites for hydroxylation is 1. The van der Waals surface area contributed by atoms with Gasteiger partial charge in [0.2, 0.25) is 5.91 Å². The lowest BCUT2D eigenvalue weighted by Crippen LogP contribution is -2.40. The van der Waals surface area contributed by atoms with Crippen molar-refractivity contribution in [2.75, 3.05) is 24.6 Å². The number of carbonyl (C=O) groups is 1. The molecule has 1 saturated heterocycles. The van der Waals surface area contributed by atoms with E-state index in [4.69, 9.17) is 9.26 Å². The standard InChI is InChI=1S/C21H25N5O3/c1-3-28-17-7-5-4-6-16(17)12-22-20(27)15-8-10-26(11-9-15)19-18-14(2)25-29-21(18)24-13-23-19/h4-7,13,15H,3,8-12H2,1-2H3,(H,22,27). The number of hydrogen-bond acceptors (Lipinski definition) is 7. The van der Waals surface area contributed by atoms with Gasteiger partial charge in [0.25, 0.3) is 5.71 Å². The summed E-state index contributed by atoms with van der Waals surface area (Å²) in [6.45, 7) is 6.43. The maximum atomic E-state index is 12.7. The normalized spacial score (nSPS) is 14.9. The second-order valence-corrected chi connectivity index (χ2v) is 7.17. The fraction of sp³-hybridized carbons (Fsp3) is 0.429. The van der Waals surface area contributed by atoms with Gasteiger partial charge in [-0.25, -0.2) is 4.98 Å². The van der Waals surface area contributed by atoms with Gasteiger partial charge < -0.3 is 19.5 Å². The molecule has 0 atom stereocenters. The van der Waals surface area contributed by atoms with Crippen LogP contribution in [0, 0.1) is 12.8 Å². The van der Waals surface area contributed by atoms with E-state index in [0.717, 1.165) is 54.1 Å². The zero-order valence-electron chi connectivity index (χ0n) is 16.7. The molecule has 3 aromatic rings. The van der Waals surface area contributed by atoms with Crippen LogP contribution in [0.5, 0.6) is 5.75 Å². The molecular weight excluding hydrogens is 370 g/mol. The number of piperidine rings is 1. The van der Waals surface area contributed by atoms with Crippen LogP contribution in [0.25, 0.3) is 11.1 Å². The lowest BCUT2D eigenvalue weighted by molar-refractivity contribution is -0.125. The molecule has 0 spiro atoms. The highest BCUT2D eigenvalue weighted by molar-refractivity contribution is 5.88. The fourth-order valence-corrected chi connectivity index (χ4v) is 3.77. The van der Waals surface area contributed by atoms with Crippen molar-refractivity contribution in [2.45, 2.75) is 33.2 Å². The van der Waals surface area contributed by atoms with Gasteiger partial charge in [-0.2, -0.15) is 4.98 Å². The van der Waals surface area contributed by atoms with Crippen LogP contribution in [0.15, 0.2) is 35.1 Å². The molecule has 8 nitrogen and oxygen atoms in total. The molecule has 0 unspecified atom stereocenters. The Bertz CT molecular complexity index is 995. The Kier molecular flexibility index (Phi) is 5.59. The van der Waals surface area contributed by atoms with Gasteiger partial charge in [-0.3, -0.25) is 4.79 Å². The summed E-state index contributed by atoms with van der Waals surface area (Å²) in [4.78, 5) is 23.4. The molecule has 29 heavy (non-hydrogen) atoms. The van der Waals surface area contributed by atoms with Gasteiger partial charge in [0.05, 0.1) is 12.3 Å². The second kappa shape index (κ2) is 8.46. The molecule has 1 aromatic carbocycles. The Morgan fingerprint density at radius 2 is 2.07 bits per heavy atom. The summed E-state index contributed by atoms with van der Waals surface area (Å²) in [6.07, 6.45) is 3.04. The average molecular weight is 395 g/mol. The van der Waals surface area contributed by atoms with E-state index in [1.54, 1.807) is 0 Å². The quantitative estimate of drug-likeness (QED) is 0.686. The first-order chi connectivity index (χ1) is 14.2. The zero-order valence-corrected chi connectivity index (χ0v) is 16.7. The molecule has 1 aliphatic heterocycles. The fourth-order valence-electron chi connectivity index (χ4n) is 3.77. The third-order valence-corrected chi connectivity index (χ3v) is 5.31. The van der Waals surface area contributed by atoms with Crippen LogP contribution < -0.4 is 15.0 Å². The molecule has 1 amide bonds. The van der Waals surface area contributed by atoms with Crippen molar-refractivity contribution in [1.82, 2.24) is 20.4 Å². The number of fused-ring (bicyclic) bond motifs is 1. The van der Waals surface area contributed by atoms with Crippen LogP contribution in [0.2, 0.25) is 0 Å². The first kappa shape index (κ1) is 19.2. The Balaban J connectivity index is 1.36. The smallest absolute Gasteiger partial charge is 0.263 e. The number of nitrogens with one attached hydrogen (secondary N) is 1. The average Bonchev–Trinajstić information content (AvgIpc) is 3.14. The van der Waals surface area contributed by atoms with Crippen LogP contribution in [0.3, 0.4) is 0 Å². The molecule has 1 fully saturated rings. The number of amides is 1. The van der Waals surface area contributed by atoms with Crippen molar-refractivity contribution < 1.29 is 14.1 Å². The predicted octanol–water partition coefficient (Wildman–Crippen LogP) is 2.86. The van der Waals surface area contributed by atoms with Crippen molar-refractivity contribution >= 4 is 22.8 Å². The van der Waals surface area contributed by atoms with E-state index in [9.17, 15) is 4.79 Å². The third-order valence-electron chi connectivity index (χ3n) is 5.31. The van der Waals surface area contributed by atoms with E-state index in [2.05, 4.69) is 25.3 Å². The number of rotatable bonds is 6. The van der Waals surface area contributed by atoms with E-state index in [0.29, 0.717) is 18.9 Å². The molecule has 4 rings (SSSR count). The Hall–Kier alpha value is -3.16. The maximum absolute atomic E-state index is 12.7. The van der Waals surface area contributed by atoms with Crippen molar-refractivity contribution in [1.29, 1.82) is 0 Å². The van der Waals surface area contributed by atoms with Crippen molar-refractivity contribution in [3.63, 3.8) is 0 Å². The summed E-state index contributed by atoms with van der Waals surface area (Å²) in [5, 5.41) is 7.91. The lowest BCUT2D eigenvalue weighted by Gasteiger charge is -2.32. The van der Waals surface area contributed by atoms with Crippen molar-refractivity contribution in [3.05, 3.63) is 41.9 Å². The summed E-state index contributed by atoms with van der Waals surface area (Å²) in [6, 6.07) is 7.80. The van der Waals surface area contributed by atoms with Gasteiger partial charge in [0.1, 0.15) is 23.3 Å². The Morgan fingerprint density at radius 1 is 1.28 bits per heavy atom. The molecule has 152 valence electrons. The van der Waals surface area contributed by atoms with E-state index in [1.807, 2.05) is 38.1 Å². The van der Waals surface area contributed by atoms with Gasteiger partial charge in [-0.1, -0.05) is 23.4 Å². The minimum Gasteiger partial charge on any atom is -0.494 e. The highest BCUT2D eigenvalue weighted by atomic mass is 16.5. The zero-order chi connectivity index (χ0) is 20.2. The monoisotopic (exact) mass is 395 g/mol. The van der Waals surface area contributed by atoms with Crippen LogP contribution >= 0.6 is 0 Å². The number of aromatic nitrogens is 3. The molecule has 0 saturated carbocycles. The van der Waals surface area contributed by atoms with Gasteiger partial charge in [0, 0.05) is 31.1 Å². The van der Waals surface area contributed by atoms with Gasteiger partial charge in [-0.05, 0) is 32.8 Å². The molecule has 0 bridgehead atoms. The van der Waals surface area contributed by atoms with E-state index < -0.39 is 0 Å². The number of para-hydroxylation sites is 1. The van der Waals surface area contributed by atoms with Crippen molar-refractivity contribution in [2.24, 2.45) is 5.92 Å². The Labute approximate surface area is 169 Å². The van der Waals surface area contributed by atoms with Gasteiger partial charge in [-0.15, -0.1) is 0 Å². The number of carbonyl (C=O) groups excluding carboxylic acids is 1. The number of benzene rings is 1. The summed E-state index contributed by atoms with van der Waals surface area (Å²) in [5.74, 6) is 1.73. The molecule has 1 N–H and O–H groups in total. The molecule has 8 heteroatoms. The largest absolute Gasteiger partial charge is 0.494 e. The topological polar surface area (TPSA) is 93.4 Å². The Morgan fingerprint density at radius 3 is 2.86 bits per heavy atom. The van der Waals surface area contributed by atoms with Crippen LogP contribution in [0.1, 0.15) is 31.0 Å². The maximum Gasteiger partial charge on any atom is 0.263 e. The van der Waals surface area contributed by atoms with Crippen LogP contribution in [-0.4, -0.2) is 40.7 Å². The van der Waals surface area contributed by atoms with Gasteiger partial charge in [0.15, 0.2) is 0 Å². The van der Waals surface area contributed by atoms with Crippen LogP contribution in [-0.2, 0) is 11.3 Å². The first-order valence-electron chi connectivity index (χ1n) is 9.97. The first-order valence-corrected chi connectivity index (χ1v) is 9.97. The number of ether oxygens (including phenoxy) is 1. The van der Waals surface area contributed by atoms with E-state index in [-0.39, 0.29) is 11.8 Å². The summed E-state index contributed by atoms with van der Waals surface area (Å²) in [7, 11) is 0. The summed E-state index contributed by atoms with van der Waals surface area (Å²) >= 11 is 0.